The van der Waals surface area contributed by atoms with Gasteiger partial charge < -0.3 is 10.8 Å². The fourth-order valence-corrected chi connectivity index (χ4v) is 4.19. The first-order valence-corrected chi connectivity index (χ1v) is 10.1. The van der Waals surface area contributed by atoms with E-state index in [9.17, 15) is 4.79 Å². The second-order valence-corrected chi connectivity index (χ2v) is 7.57. The van der Waals surface area contributed by atoms with Gasteiger partial charge in [-0.3, -0.25) is 4.79 Å². The van der Waals surface area contributed by atoms with Crippen LogP contribution in [0.3, 0.4) is 0 Å². The van der Waals surface area contributed by atoms with Gasteiger partial charge in [0, 0.05) is 12.5 Å². The Morgan fingerprint density at radius 2 is 1.52 bits per heavy atom. The highest BCUT2D eigenvalue weighted by molar-refractivity contribution is 5.66. The largest absolute Gasteiger partial charge is 0.481 e. The van der Waals surface area contributed by atoms with Gasteiger partial charge in [-0.1, -0.05) is 71.1 Å². The number of carbonyl (C=O) groups is 1. The average molecular weight is 326 g/mol. The van der Waals surface area contributed by atoms with E-state index in [4.69, 9.17) is 10.8 Å². The molecule has 0 aromatic heterocycles. The van der Waals surface area contributed by atoms with E-state index in [1.54, 1.807) is 0 Å². The van der Waals surface area contributed by atoms with Crippen LogP contribution in [0.25, 0.3) is 0 Å². The van der Waals surface area contributed by atoms with Crippen molar-refractivity contribution in [2.45, 2.75) is 109 Å². The molecule has 0 spiro atoms. The summed E-state index contributed by atoms with van der Waals surface area (Å²) < 4.78 is 0. The minimum atomic E-state index is -0.665. The molecule has 1 fully saturated rings. The molecule has 0 saturated heterocycles. The number of carboxylic acid groups (broad SMARTS) is 1. The van der Waals surface area contributed by atoms with Crippen LogP contribution in [0.2, 0.25) is 0 Å². The molecule has 0 heterocycles. The molecule has 3 unspecified atom stereocenters. The number of unbranched alkanes of at least 4 members (excludes halogenated alkanes) is 8. The van der Waals surface area contributed by atoms with Gasteiger partial charge in [0.25, 0.3) is 0 Å². The van der Waals surface area contributed by atoms with E-state index in [-0.39, 0.29) is 0 Å². The van der Waals surface area contributed by atoms with Gasteiger partial charge in [0.2, 0.25) is 0 Å². The van der Waals surface area contributed by atoms with Crippen LogP contribution in [0.4, 0.5) is 0 Å². The Morgan fingerprint density at radius 1 is 0.913 bits per heavy atom. The van der Waals surface area contributed by atoms with Crippen LogP contribution in [0, 0.1) is 11.8 Å². The normalized spacial score (nSPS) is 24.2. The molecule has 0 aromatic rings. The highest BCUT2D eigenvalue weighted by Crippen LogP contribution is 2.38. The third kappa shape index (κ3) is 9.34. The number of hydrogen-bond donors (Lipinski definition) is 2. The number of rotatable bonds is 14. The molecule has 0 aromatic carbocycles. The summed E-state index contributed by atoms with van der Waals surface area (Å²) in [4.78, 5) is 10.5. The first kappa shape index (κ1) is 20.5. The first-order valence-electron chi connectivity index (χ1n) is 10.1. The molecule has 1 saturated carbocycles. The molecule has 0 bridgehead atoms. The summed E-state index contributed by atoms with van der Waals surface area (Å²) in [6, 6.07) is 0.416. The lowest BCUT2D eigenvalue weighted by Gasteiger charge is -2.23. The van der Waals surface area contributed by atoms with Gasteiger partial charge in [-0.15, -0.1) is 0 Å². The van der Waals surface area contributed by atoms with Gasteiger partial charge in [-0.05, 0) is 37.5 Å². The van der Waals surface area contributed by atoms with Gasteiger partial charge in [0.1, 0.15) is 0 Å². The van der Waals surface area contributed by atoms with Gasteiger partial charge in [-0.2, -0.15) is 0 Å². The fourth-order valence-electron chi connectivity index (χ4n) is 4.19. The van der Waals surface area contributed by atoms with Gasteiger partial charge in [0.05, 0.1) is 0 Å². The van der Waals surface area contributed by atoms with Crippen LogP contribution in [0.15, 0.2) is 0 Å². The molecule has 0 aliphatic heterocycles. The van der Waals surface area contributed by atoms with Crippen molar-refractivity contribution in [1.29, 1.82) is 0 Å². The molecule has 3 N–H and O–H groups in total. The minimum Gasteiger partial charge on any atom is -0.481 e. The van der Waals surface area contributed by atoms with Crippen LogP contribution in [-0.4, -0.2) is 17.1 Å². The van der Waals surface area contributed by atoms with Crippen LogP contribution in [0.1, 0.15) is 103 Å². The second kappa shape index (κ2) is 12.8. The topological polar surface area (TPSA) is 63.3 Å². The molecule has 23 heavy (non-hydrogen) atoms. The molecule has 1 rings (SSSR count). The van der Waals surface area contributed by atoms with Crippen LogP contribution < -0.4 is 5.73 Å². The SMILES string of the molecule is CCCCCCCCC1CCC(N)C1CCCCCCC(=O)O. The Labute approximate surface area is 143 Å². The van der Waals surface area contributed by atoms with Crippen molar-refractivity contribution in [2.24, 2.45) is 17.6 Å². The van der Waals surface area contributed by atoms with Crippen molar-refractivity contribution < 1.29 is 9.90 Å². The number of aliphatic carboxylic acids is 1. The van der Waals surface area contributed by atoms with Crippen LogP contribution >= 0.6 is 0 Å². The van der Waals surface area contributed by atoms with Gasteiger partial charge in [0.15, 0.2) is 0 Å². The van der Waals surface area contributed by atoms with E-state index in [2.05, 4.69) is 6.92 Å². The predicted octanol–water partition coefficient (Wildman–Crippen LogP) is 5.52. The van der Waals surface area contributed by atoms with Crippen molar-refractivity contribution in [1.82, 2.24) is 0 Å². The zero-order chi connectivity index (χ0) is 16.9. The summed E-state index contributed by atoms with van der Waals surface area (Å²) in [6.45, 7) is 2.27. The molecule has 1 aliphatic carbocycles. The molecule has 0 amide bonds. The summed E-state index contributed by atoms with van der Waals surface area (Å²) in [6.07, 6.45) is 18.1. The molecular weight excluding hydrogens is 286 g/mol. The van der Waals surface area contributed by atoms with Crippen LogP contribution in [-0.2, 0) is 4.79 Å². The predicted molar refractivity (Wildman–Crippen MR) is 97.5 cm³/mol. The zero-order valence-corrected chi connectivity index (χ0v) is 15.3. The minimum absolute atomic E-state index is 0.323. The van der Waals surface area contributed by atoms with E-state index in [1.807, 2.05) is 0 Å². The zero-order valence-electron chi connectivity index (χ0n) is 15.3. The standard InChI is InChI=1S/C20H39NO2/c1-2-3-4-5-6-9-12-17-15-16-19(21)18(17)13-10-7-8-11-14-20(22)23/h17-19H,2-16,21H2,1H3,(H,22,23). The highest BCUT2D eigenvalue weighted by Gasteiger charge is 2.32. The number of hydrogen-bond acceptors (Lipinski definition) is 2. The lowest BCUT2D eigenvalue weighted by molar-refractivity contribution is -0.137. The van der Waals surface area contributed by atoms with E-state index < -0.39 is 5.97 Å². The Balaban J connectivity index is 2.09. The first-order chi connectivity index (χ1) is 11.1. The third-order valence-corrected chi connectivity index (χ3v) is 5.63. The van der Waals surface area contributed by atoms with Crippen molar-refractivity contribution >= 4 is 5.97 Å². The molecule has 0 radical (unpaired) electrons. The maximum absolute atomic E-state index is 10.5. The Hall–Kier alpha value is -0.570. The quantitative estimate of drug-likeness (QED) is 0.414. The van der Waals surface area contributed by atoms with Crippen molar-refractivity contribution in [2.75, 3.05) is 0 Å². The average Bonchev–Trinajstić information content (AvgIpc) is 2.86. The lowest BCUT2D eigenvalue weighted by atomic mass is 9.85. The Bertz CT molecular complexity index is 306. The molecule has 136 valence electrons. The van der Waals surface area contributed by atoms with E-state index >= 15 is 0 Å². The van der Waals surface area contributed by atoms with Crippen molar-refractivity contribution in [3.63, 3.8) is 0 Å². The number of carboxylic acids is 1. The summed E-state index contributed by atoms with van der Waals surface area (Å²) in [5.74, 6) is 0.919. The second-order valence-electron chi connectivity index (χ2n) is 7.57. The van der Waals surface area contributed by atoms with E-state index in [1.165, 1.54) is 77.0 Å². The smallest absolute Gasteiger partial charge is 0.303 e. The van der Waals surface area contributed by atoms with E-state index in [0.29, 0.717) is 12.5 Å². The Morgan fingerprint density at radius 3 is 2.22 bits per heavy atom. The Kier molecular flexibility index (Phi) is 11.4. The molecule has 3 atom stereocenters. The molecule has 3 nitrogen and oxygen atoms in total. The molecular formula is C20H39NO2. The molecule has 1 aliphatic rings. The van der Waals surface area contributed by atoms with E-state index in [0.717, 1.165) is 24.7 Å². The summed E-state index contributed by atoms with van der Waals surface area (Å²) in [7, 11) is 0. The van der Waals surface area contributed by atoms with Gasteiger partial charge in [-0.25, -0.2) is 0 Å². The monoisotopic (exact) mass is 325 g/mol. The number of nitrogens with two attached hydrogens (primary N) is 1. The maximum atomic E-state index is 10.5. The summed E-state index contributed by atoms with van der Waals surface area (Å²) in [5.41, 5.74) is 6.34. The van der Waals surface area contributed by atoms with Gasteiger partial charge >= 0.3 is 5.97 Å². The highest BCUT2D eigenvalue weighted by atomic mass is 16.4. The van der Waals surface area contributed by atoms with Crippen LogP contribution in [0.5, 0.6) is 0 Å². The lowest BCUT2D eigenvalue weighted by Crippen LogP contribution is -2.27. The molecule has 3 heteroatoms. The van der Waals surface area contributed by atoms with Crippen molar-refractivity contribution in [3.8, 4) is 0 Å². The third-order valence-electron chi connectivity index (χ3n) is 5.63. The summed E-state index contributed by atoms with van der Waals surface area (Å²) in [5, 5.41) is 8.65. The summed E-state index contributed by atoms with van der Waals surface area (Å²) >= 11 is 0. The maximum Gasteiger partial charge on any atom is 0.303 e. The van der Waals surface area contributed by atoms with Crippen molar-refractivity contribution in [3.05, 3.63) is 0 Å². The fraction of sp³-hybridized carbons (Fsp3) is 0.950.